The van der Waals surface area contributed by atoms with Crippen LogP contribution in [0.2, 0.25) is 0 Å². The molecule has 0 saturated heterocycles. The summed E-state index contributed by atoms with van der Waals surface area (Å²) in [6, 6.07) is 6.32. The zero-order chi connectivity index (χ0) is 17.4. The van der Waals surface area contributed by atoms with Crippen molar-refractivity contribution in [2.45, 2.75) is 0 Å². The van der Waals surface area contributed by atoms with Gasteiger partial charge in [0.15, 0.2) is 5.65 Å². The monoisotopic (exact) mass is 333 g/mol. The molecule has 0 atom stereocenters. The van der Waals surface area contributed by atoms with E-state index < -0.39 is 5.91 Å². The van der Waals surface area contributed by atoms with Crippen LogP contribution < -0.4 is 5.73 Å². The Bertz CT molecular complexity index is 1150. The van der Waals surface area contributed by atoms with Crippen molar-refractivity contribution in [1.82, 2.24) is 19.9 Å². The molecular formula is C18H12FN5O. The van der Waals surface area contributed by atoms with Crippen molar-refractivity contribution in [3.63, 3.8) is 0 Å². The molecule has 7 heteroatoms. The number of fused-ring (bicyclic) bond motifs is 2. The lowest BCUT2D eigenvalue weighted by atomic mass is 10.1. The normalized spacial score (nSPS) is 11.6. The van der Waals surface area contributed by atoms with Crippen molar-refractivity contribution in [2.24, 2.45) is 5.73 Å². The average Bonchev–Trinajstić information content (AvgIpc) is 3.01. The van der Waals surface area contributed by atoms with Gasteiger partial charge in [0.05, 0.1) is 17.4 Å². The van der Waals surface area contributed by atoms with Crippen LogP contribution in [-0.4, -0.2) is 25.8 Å². The van der Waals surface area contributed by atoms with E-state index >= 15 is 0 Å². The first-order valence-corrected chi connectivity index (χ1v) is 7.47. The van der Waals surface area contributed by atoms with Gasteiger partial charge in [0.1, 0.15) is 11.3 Å². The molecule has 122 valence electrons. The molecule has 0 spiro atoms. The molecule has 3 aromatic heterocycles. The Hall–Kier alpha value is -3.61. The molecule has 25 heavy (non-hydrogen) atoms. The Morgan fingerprint density at radius 2 is 2.08 bits per heavy atom. The number of rotatable bonds is 3. The number of aromatic nitrogens is 4. The molecule has 0 fully saturated rings. The highest BCUT2D eigenvalue weighted by atomic mass is 19.1. The molecular weight excluding hydrogens is 321 g/mol. The average molecular weight is 333 g/mol. The van der Waals surface area contributed by atoms with E-state index in [0.29, 0.717) is 27.9 Å². The van der Waals surface area contributed by atoms with E-state index in [0.717, 1.165) is 10.9 Å². The van der Waals surface area contributed by atoms with Crippen LogP contribution in [0.5, 0.6) is 0 Å². The van der Waals surface area contributed by atoms with Crippen molar-refractivity contribution >= 4 is 34.1 Å². The second kappa shape index (κ2) is 5.79. The minimum atomic E-state index is -0.538. The number of aromatic amines is 1. The molecule has 0 unspecified atom stereocenters. The number of benzene rings is 1. The molecule has 0 aliphatic heterocycles. The van der Waals surface area contributed by atoms with Crippen molar-refractivity contribution in [3.05, 3.63) is 60.3 Å². The standard InChI is InChI=1S/C18H12FN5O/c19-13-3-1-10-5-12(8-21-14(10)6-13)15-9-23-18-17(24-15)11(7-22-18)2-4-16(20)25/h1-9H,(H2,20,25)(H,22,23)/b4-2+. The van der Waals surface area contributed by atoms with E-state index in [1.54, 1.807) is 30.7 Å². The fourth-order valence-electron chi connectivity index (χ4n) is 2.58. The van der Waals surface area contributed by atoms with Gasteiger partial charge in [0, 0.05) is 41.0 Å². The Kier molecular flexibility index (Phi) is 3.46. The molecule has 1 aromatic carbocycles. The highest BCUT2D eigenvalue weighted by molar-refractivity contribution is 5.94. The number of carbonyl (C=O) groups excluding carboxylic acids is 1. The third-order valence-corrected chi connectivity index (χ3v) is 3.78. The highest BCUT2D eigenvalue weighted by Crippen LogP contribution is 2.24. The number of pyridine rings is 1. The highest BCUT2D eigenvalue weighted by Gasteiger charge is 2.09. The molecule has 4 rings (SSSR count). The van der Waals surface area contributed by atoms with E-state index in [2.05, 4.69) is 19.9 Å². The number of carbonyl (C=O) groups is 1. The van der Waals surface area contributed by atoms with Gasteiger partial charge in [-0.3, -0.25) is 9.78 Å². The largest absolute Gasteiger partial charge is 0.366 e. The third kappa shape index (κ3) is 2.83. The van der Waals surface area contributed by atoms with Crippen LogP contribution in [0.15, 0.2) is 48.9 Å². The summed E-state index contributed by atoms with van der Waals surface area (Å²) >= 11 is 0. The fraction of sp³-hybridized carbons (Fsp3) is 0. The Balaban J connectivity index is 1.82. The number of nitrogens with zero attached hydrogens (tertiary/aromatic N) is 3. The number of amides is 1. The number of hydrogen-bond donors (Lipinski definition) is 2. The third-order valence-electron chi connectivity index (χ3n) is 3.78. The maximum atomic E-state index is 13.3. The van der Waals surface area contributed by atoms with E-state index in [4.69, 9.17) is 5.73 Å². The van der Waals surface area contributed by atoms with Crippen LogP contribution in [0.3, 0.4) is 0 Å². The summed E-state index contributed by atoms with van der Waals surface area (Å²) in [5.41, 5.74) is 9.02. The summed E-state index contributed by atoms with van der Waals surface area (Å²) in [4.78, 5) is 27.1. The molecule has 1 amide bonds. The predicted octanol–water partition coefficient (Wildman–Crippen LogP) is 2.81. The molecule has 4 aromatic rings. The van der Waals surface area contributed by atoms with E-state index in [1.807, 2.05) is 6.07 Å². The molecule has 0 radical (unpaired) electrons. The summed E-state index contributed by atoms with van der Waals surface area (Å²) in [6.45, 7) is 0. The molecule has 3 N–H and O–H groups in total. The van der Waals surface area contributed by atoms with Crippen LogP contribution in [0.25, 0.3) is 39.4 Å². The van der Waals surface area contributed by atoms with Crippen LogP contribution in [0, 0.1) is 5.82 Å². The van der Waals surface area contributed by atoms with E-state index in [9.17, 15) is 9.18 Å². The topological polar surface area (TPSA) is 97.6 Å². The minimum Gasteiger partial charge on any atom is -0.366 e. The Morgan fingerprint density at radius 1 is 1.20 bits per heavy atom. The zero-order valence-electron chi connectivity index (χ0n) is 12.9. The number of halogens is 1. The summed E-state index contributed by atoms with van der Waals surface area (Å²) in [7, 11) is 0. The van der Waals surface area contributed by atoms with Gasteiger partial charge in [-0.05, 0) is 24.3 Å². The smallest absolute Gasteiger partial charge is 0.241 e. The Morgan fingerprint density at radius 3 is 2.92 bits per heavy atom. The molecule has 0 bridgehead atoms. The number of hydrogen-bond acceptors (Lipinski definition) is 4. The van der Waals surface area contributed by atoms with E-state index in [-0.39, 0.29) is 5.82 Å². The lowest BCUT2D eigenvalue weighted by molar-refractivity contribution is -0.113. The van der Waals surface area contributed by atoms with Gasteiger partial charge in [-0.15, -0.1) is 0 Å². The Labute approximate surface area is 141 Å². The first-order chi connectivity index (χ1) is 12.1. The zero-order valence-corrected chi connectivity index (χ0v) is 12.9. The van der Waals surface area contributed by atoms with Gasteiger partial charge in [0.25, 0.3) is 0 Å². The summed E-state index contributed by atoms with van der Waals surface area (Å²) < 4.78 is 13.3. The van der Waals surface area contributed by atoms with Gasteiger partial charge >= 0.3 is 0 Å². The summed E-state index contributed by atoms with van der Waals surface area (Å²) in [5.74, 6) is -0.864. The quantitative estimate of drug-likeness (QED) is 0.563. The predicted molar refractivity (Wildman–Crippen MR) is 92.8 cm³/mol. The van der Waals surface area contributed by atoms with Crippen molar-refractivity contribution < 1.29 is 9.18 Å². The maximum absolute atomic E-state index is 13.3. The second-order valence-corrected chi connectivity index (χ2v) is 5.49. The van der Waals surface area contributed by atoms with Crippen LogP contribution >= 0.6 is 0 Å². The number of nitrogens with two attached hydrogens (primary N) is 1. The van der Waals surface area contributed by atoms with Crippen molar-refractivity contribution in [3.8, 4) is 11.3 Å². The molecule has 3 heterocycles. The fourth-order valence-corrected chi connectivity index (χ4v) is 2.58. The number of H-pyrrole nitrogens is 1. The number of primary amides is 1. The van der Waals surface area contributed by atoms with Gasteiger partial charge in [-0.1, -0.05) is 0 Å². The van der Waals surface area contributed by atoms with Gasteiger partial charge in [-0.2, -0.15) is 0 Å². The summed E-state index contributed by atoms with van der Waals surface area (Å²) in [6.07, 6.45) is 7.81. The van der Waals surface area contributed by atoms with E-state index in [1.165, 1.54) is 18.2 Å². The van der Waals surface area contributed by atoms with Crippen molar-refractivity contribution in [1.29, 1.82) is 0 Å². The van der Waals surface area contributed by atoms with Crippen molar-refractivity contribution in [2.75, 3.05) is 0 Å². The lowest BCUT2D eigenvalue weighted by Crippen LogP contribution is -2.05. The van der Waals surface area contributed by atoms with Crippen LogP contribution in [0.4, 0.5) is 4.39 Å². The van der Waals surface area contributed by atoms with Crippen LogP contribution in [-0.2, 0) is 4.79 Å². The van der Waals surface area contributed by atoms with Gasteiger partial charge < -0.3 is 10.7 Å². The second-order valence-electron chi connectivity index (χ2n) is 5.49. The van der Waals surface area contributed by atoms with Gasteiger partial charge in [0.2, 0.25) is 5.91 Å². The van der Waals surface area contributed by atoms with Gasteiger partial charge in [-0.25, -0.2) is 14.4 Å². The first kappa shape index (κ1) is 14.9. The summed E-state index contributed by atoms with van der Waals surface area (Å²) in [5, 5.41) is 0.809. The molecule has 0 saturated carbocycles. The van der Waals surface area contributed by atoms with Crippen LogP contribution in [0.1, 0.15) is 5.56 Å². The first-order valence-electron chi connectivity index (χ1n) is 7.47. The molecule has 0 aliphatic carbocycles. The minimum absolute atomic E-state index is 0.327. The molecule has 0 aliphatic rings. The SMILES string of the molecule is NC(=O)/C=C/c1c[nH]c2ncc(-c3cnc4cc(F)ccc4c3)nc12. The number of nitrogens with one attached hydrogen (secondary N) is 1. The lowest BCUT2D eigenvalue weighted by Gasteiger charge is -2.03. The maximum Gasteiger partial charge on any atom is 0.241 e. The molecule has 6 nitrogen and oxygen atoms in total.